The monoisotopic (exact) mass is 361 g/mol. The Labute approximate surface area is 148 Å². The van der Waals surface area contributed by atoms with Crippen LogP contribution in [0.4, 0.5) is 0 Å². The summed E-state index contributed by atoms with van der Waals surface area (Å²) in [4.78, 5) is 16.0. The number of aromatic nitrogens is 2. The van der Waals surface area contributed by atoms with E-state index in [1.807, 2.05) is 31.2 Å². The van der Waals surface area contributed by atoms with Crippen LogP contribution in [0.25, 0.3) is 11.3 Å². The number of pyridine rings is 1. The first kappa shape index (κ1) is 16.5. The van der Waals surface area contributed by atoms with Crippen LogP contribution < -0.4 is 5.32 Å². The Balaban J connectivity index is 1.68. The molecule has 1 aromatic carbocycles. The van der Waals surface area contributed by atoms with E-state index in [0.717, 1.165) is 5.56 Å². The van der Waals surface area contributed by atoms with Crippen LogP contribution in [0.3, 0.4) is 0 Å². The van der Waals surface area contributed by atoms with Crippen molar-refractivity contribution in [2.45, 2.75) is 13.5 Å². The van der Waals surface area contributed by atoms with Gasteiger partial charge in [-0.05, 0) is 13.0 Å². The van der Waals surface area contributed by atoms with E-state index in [1.54, 1.807) is 6.07 Å². The summed E-state index contributed by atoms with van der Waals surface area (Å²) in [5, 5.41) is 7.15. The van der Waals surface area contributed by atoms with E-state index in [-0.39, 0.29) is 23.2 Å². The van der Waals surface area contributed by atoms with Gasteiger partial charge < -0.3 is 9.84 Å². The summed E-state index contributed by atoms with van der Waals surface area (Å²) < 4.78 is 5.25. The molecule has 0 aliphatic heterocycles. The Morgan fingerprint density at radius 2 is 1.96 bits per heavy atom. The van der Waals surface area contributed by atoms with Crippen LogP contribution in [-0.4, -0.2) is 16.0 Å². The molecule has 0 atom stereocenters. The standard InChI is InChI=1S/C17H13Cl2N3O2/c1-10-2-4-11(5-3-10)15-7-13(24-22-15)9-21-17(23)14-6-12(18)8-20-16(14)19/h2-8H,9H2,1H3,(H,21,23). The van der Waals surface area contributed by atoms with Gasteiger partial charge in [0.15, 0.2) is 5.76 Å². The summed E-state index contributed by atoms with van der Waals surface area (Å²) in [7, 11) is 0. The van der Waals surface area contributed by atoms with Gasteiger partial charge in [0.25, 0.3) is 5.91 Å². The van der Waals surface area contributed by atoms with Crippen molar-refractivity contribution >= 4 is 29.1 Å². The van der Waals surface area contributed by atoms with Crippen molar-refractivity contribution in [1.82, 2.24) is 15.5 Å². The lowest BCUT2D eigenvalue weighted by Crippen LogP contribution is -2.23. The van der Waals surface area contributed by atoms with Gasteiger partial charge >= 0.3 is 0 Å². The van der Waals surface area contributed by atoms with Crippen molar-refractivity contribution in [2.24, 2.45) is 0 Å². The zero-order valence-electron chi connectivity index (χ0n) is 12.7. The van der Waals surface area contributed by atoms with Gasteiger partial charge in [0.2, 0.25) is 0 Å². The van der Waals surface area contributed by atoms with Crippen LogP contribution in [0.15, 0.2) is 47.1 Å². The average Bonchev–Trinajstić information content (AvgIpc) is 3.04. The van der Waals surface area contributed by atoms with E-state index in [0.29, 0.717) is 16.5 Å². The first-order valence-electron chi connectivity index (χ1n) is 7.15. The summed E-state index contributed by atoms with van der Waals surface area (Å²) in [5.74, 6) is 0.147. The number of hydrogen-bond acceptors (Lipinski definition) is 4. The van der Waals surface area contributed by atoms with E-state index in [1.165, 1.54) is 17.8 Å². The van der Waals surface area contributed by atoms with E-state index < -0.39 is 0 Å². The average molecular weight is 362 g/mol. The van der Waals surface area contributed by atoms with E-state index in [9.17, 15) is 4.79 Å². The predicted molar refractivity (Wildman–Crippen MR) is 92.1 cm³/mol. The zero-order valence-corrected chi connectivity index (χ0v) is 14.2. The van der Waals surface area contributed by atoms with Crippen molar-refractivity contribution < 1.29 is 9.32 Å². The van der Waals surface area contributed by atoms with Gasteiger partial charge in [0.05, 0.1) is 17.1 Å². The van der Waals surface area contributed by atoms with Crippen LogP contribution in [0.2, 0.25) is 10.2 Å². The molecule has 0 aliphatic carbocycles. The molecule has 5 nitrogen and oxygen atoms in total. The van der Waals surface area contributed by atoms with Gasteiger partial charge in [-0.3, -0.25) is 4.79 Å². The highest BCUT2D eigenvalue weighted by atomic mass is 35.5. The number of carbonyl (C=O) groups excluding carboxylic acids is 1. The molecule has 1 N–H and O–H groups in total. The molecule has 122 valence electrons. The third kappa shape index (κ3) is 3.75. The summed E-state index contributed by atoms with van der Waals surface area (Å²) in [6, 6.07) is 11.2. The van der Waals surface area contributed by atoms with Gasteiger partial charge in [0.1, 0.15) is 10.8 Å². The molecule has 3 rings (SSSR count). The fourth-order valence-electron chi connectivity index (χ4n) is 2.10. The molecule has 0 unspecified atom stereocenters. The Morgan fingerprint density at radius 1 is 1.21 bits per heavy atom. The normalized spacial score (nSPS) is 10.6. The summed E-state index contributed by atoms with van der Waals surface area (Å²) in [6.45, 7) is 2.20. The lowest BCUT2D eigenvalue weighted by atomic mass is 10.1. The molecule has 0 spiro atoms. The quantitative estimate of drug-likeness (QED) is 0.704. The van der Waals surface area contributed by atoms with E-state index in [4.69, 9.17) is 27.7 Å². The van der Waals surface area contributed by atoms with Gasteiger partial charge in [-0.25, -0.2) is 4.98 Å². The topological polar surface area (TPSA) is 68.0 Å². The van der Waals surface area contributed by atoms with Crippen molar-refractivity contribution in [2.75, 3.05) is 0 Å². The zero-order chi connectivity index (χ0) is 17.1. The minimum absolute atomic E-state index is 0.0924. The van der Waals surface area contributed by atoms with Crippen molar-refractivity contribution in [3.8, 4) is 11.3 Å². The van der Waals surface area contributed by atoms with Crippen LogP contribution in [0, 0.1) is 6.92 Å². The number of nitrogens with one attached hydrogen (secondary N) is 1. The maximum absolute atomic E-state index is 12.1. The van der Waals surface area contributed by atoms with Crippen molar-refractivity contribution in [1.29, 1.82) is 0 Å². The number of amides is 1. The second-order valence-electron chi connectivity index (χ2n) is 5.22. The summed E-state index contributed by atoms with van der Waals surface area (Å²) in [5.41, 5.74) is 3.04. The van der Waals surface area contributed by atoms with Crippen LogP contribution in [0.5, 0.6) is 0 Å². The highest BCUT2D eigenvalue weighted by Crippen LogP contribution is 2.20. The SMILES string of the molecule is Cc1ccc(-c2cc(CNC(=O)c3cc(Cl)cnc3Cl)on2)cc1. The smallest absolute Gasteiger partial charge is 0.254 e. The molecule has 2 heterocycles. The van der Waals surface area contributed by atoms with Crippen LogP contribution in [-0.2, 0) is 6.54 Å². The minimum atomic E-state index is -0.386. The fourth-order valence-corrected chi connectivity index (χ4v) is 2.45. The Hall–Kier alpha value is -2.37. The number of carbonyl (C=O) groups is 1. The van der Waals surface area contributed by atoms with Crippen LogP contribution in [0.1, 0.15) is 21.7 Å². The molecule has 3 aromatic rings. The first-order chi connectivity index (χ1) is 11.5. The molecule has 0 fully saturated rings. The number of halogens is 2. The summed E-state index contributed by atoms with van der Waals surface area (Å²) in [6.07, 6.45) is 1.38. The molecule has 24 heavy (non-hydrogen) atoms. The maximum Gasteiger partial charge on any atom is 0.254 e. The Morgan fingerprint density at radius 3 is 2.71 bits per heavy atom. The molecule has 2 aromatic heterocycles. The first-order valence-corrected chi connectivity index (χ1v) is 7.90. The molecular weight excluding hydrogens is 349 g/mol. The Bertz CT molecular complexity index is 876. The minimum Gasteiger partial charge on any atom is -0.359 e. The number of rotatable bonds is 4. The lowest BCUT2D eigenvalue weighted by molar-refractivity contribution is 0.0947. The molecule has 1 amide bonds. The number of aryl methyl sites for hydroxylation is 1. The van der Waals surface area contributed by atoms with Gasteiger partial charge in [-0.2, -0.15) is 0 Å². The van der Waals surface area contributed by atoms with Gasteiger partial charge in [-0.1, -0.05) is 58.2 Å². The molecule has 0 saturated heterocycles. The molecular formula is C17H13Cl2N3O2. The van der Waals surface area contributed by atoms with E-state index in [2.05, 4.69) is 15.5 Å². The Kier molecular flexibility index (Phi) is 4.83. The molecule has 0 radical (unpaired) electrons. The van der Waals surface area contributed by atoms with Crippen LogP contribution >= 0.6 is 23.2 Å². The maximum atomic E-state index is 12.1. The summed E-state index contributed by atoms with van der Waals surface area (Å²) >= 11 is 11.7. The highest BCUT2D eigenvalue weighted by molar-refractivity contribution is 6.34. The number of nitrogens with zero attached hydrogens (tertiary/aromatic N) is 2. The fraction of sp³-hybridized carbons (Fsp3) is 0.118. The largest absolute Gasteiger partial charge is 0.359 e. The van der Waals surface area contributed by atoms with Gasteiger partial charge in [-0.15, -0.1) is 0 Å². The lowest BCUT2D eigenvalue weighted by Gasteiger charge is -2.04. The molecule has 0 saturated carbocycles. The number of hydrogen-bond donors (Lipinski definition) is 1. The predicted octanol–water partition coefficient (Wildman–Crippen LogP) is 4.28. The molecule has 7 heteroatoms. The van der Waals surface area contributed by atoms with Crippen molar-refractivity contribution in [3.63, 3.8) is 0 Å². The second kappa shape index (κ2) is 7.03. The third-order valence-electron chi connectivity index (χ3n) is 3.38. The van der Waals surface area contributed by atoms with Crippen molar-refractivity contribution in [3.05, 3.63) is 69.7 Å². The van der Waals surface area contributed by atoms with Gasteiger partial charge in [0, 0.05) is 17.8 Å². The third-order valence-corrected chi connectivity index (χ3v) is 3.89. The van der Waals surface area contributed by atoms with E-state index >= 15 is 0 Å². The molecule has 0 bridgehead atoms. The second-order valence-corrected chi connectivity index (χ2v) is 6.01. The molecule has 0 aliphatic rings. The highest BCUT2D eigenvalue weighted by Gasteiger charge is 2.13. The number of benzene rings is 1.